The smallest absolute Gasteiger partial charge is 0.241 e. The lowest BCUT2D eigenvalue weighted by Gasteiger charge is -2.42. The Labute approximate surface area is 123 Å². The van der Waals surface area contributed by atoms with E-state index in [4.69, 9.17) is 5.84 Å². The maximum absolute atomic E-state index is 5.45. The Hall–Kier alpha value is -1.93. The fraction of sp³-hybridized carbons (Fsp3) is 0.615. The monoisotopic (exact) mass is 290 g/mol. The highest BCUT2D eigenvalue weighted by molar-refractivity contribution is 5.87. The van der Waals surface area contributed by atoms with Gasteiger partial charge in [0.1, 0.15) is 5.82 Å². The molecule has 0 bridgehead atoms. The molecule has 3 heterocycles. The van der Waals surface area contributed by atoms with Gasteiger partial charge < -0.3 is 4.90 Å². The van der Waals surface area contributed by atoms with Gasteiger partial charge in [0.15, 0.2) is 5.65 Å². The summed E-state index contributed by atoms with van der Waals surface area (Å²) in [5, 5.41) is 7.86. The van der Waals surface area contributed by atoms with Gasteiger partial charge in [0, 0.05) is 31.7 Å². The number of nitrogens with zero attached hydrogens (tertiary/aromatic N) is 5. The molecule has 0 atom stereocenters. The standard InChI is InChI=1S/C13H22N8/c1-13(2,3)21-6-4-20(5-7-21)11-9-8-15-19-10(9)16-12(17-11)18-14/h8H,4-7,14H2,1-3H3,(H2,15,16,17,18,19). The van der Waals surface area contributed by atoms with Crippen LogP contribution in [0, 0.1) is 0 Å². The summed E-state index contributed by atoms with van der Waals surface area (Å²) < 4.78 is 0. The molecule has 2 aromatic heterocycles. The third-order valence-electron chi connectivity index (χ3n) is 3.95. The molecule has 0 aliphatic carbocycles. The van der Waals surface area contributed by atoms with Gasteiger partial charge in [-0.1, -0.05) is 0 Å². The van der Waals surface area contributed by atoms with Crippen molar-refractivity contribution in [2.24, 2.45) is 5.84 Å². The van der Waals surface area contributed by atoms with Crippen molar-refractivity contribution >= 4 is 22.8 Å². The quantitative estimate of drug-likeness (QED) is 0.549. The molecule has 0 aromatic carbocycles. The summed E-state index contributed by atoms with van der Waals surface area (Å²) in [5.41, 5.74) is 3.42. The highest BCUT2D eigenvalue weighted by Gasteiger charge is 2.27. The number of fused-ring (bicyclic) bond motifs is 1. The predicted octanol–water partition coefficient (Wildman–Crippen LogP) is 0.559. The van der Waals surface area contributed by atoms with Gasteiger partial charge in [0.05, 0.1) is 11.6 Å². The van der Waals surface area contributed by atoms with E-state index < -0.39 is 0 Å². The number of H-pyrrole nitrogens is 1. The molecule has 1 saturated heterocycles. The summed E-state index contributed by atoms with van der Waals surface area (Å²) in [6.45, 7) is 10.6. The van der Waals surface area contributed by atoms with E-state index in [1.54, 1.807) is 6.20 Å². The predicted molar refractivity (Wildman–Crippen MR) is 83.0 cm³/mol. The molecule has 21 heavy (non-hydrogen) atoms. The Morgan fingerprint density at radius 3 is 2.52 bits per heavy atom. The van der Waals surface area contributed by atoms with Crippen molar-refractivity contribution in [1.82, 2.24) is 25.1 Å². The zero-order chi connectivity index (χ0) is 15.0. The third-order valence-corrected chi connectivity index (χ3v) is 3.95. The minimum absolute atomic E-state index is 0.201. The number of nitrogen functional groups attached to an aromatic ring is 1. The zero-order valence-electron chi connectivity index (χ0n) is 12.7. The second-order valence-corrected chi connectivity index (χ2v) is 6.29. The number of nitrogens with one attached hydrogen (secondary N) is 2. The third kappa shape index (κ3) is 2.64. The van der Waals surface area contributed by atoms with Crippen LogP contribution in [0.15, 0.2) is 6.20 Å². The van der Waals surface area contributed by atoms with Crippen LogP contribution in [0.1, 0.15) is 20.8 Å². The maximum atomic E-state index is 5.45. The van der Waals surface area contributed by atoms with Crippen molar-refractivity contribution in [3.8, 4) is 0 Å². The largest absolute Gasteiger partial charge is 0.353 e. The first kappa shape index (κ1) is 14.0. The summed E-state index contributed by atoms with van der Waals surface area (Å²) in [5.74, 6) is 6.74. The van der Waals surface area contributed by atoms with Crippen LogP contribution >= 0.6 is 0 Å². The number of aromatic amines is 1. The van der Waals surface area contributed by atoms with Crippen LogP contribution < -0.4 is 16.2 Å². The molecule has 0 unspecified atom stereocenters. The minimum Gasteiger partial charge on any atom is -0.353 e. The van der Waals surface area contributed by atoms with Gasteiger partial charge in [-0.15, -0.1) is 0 Å². The first-order chi connectivity index (χ1) is 9.99. The van der Waals surface area contributed by atoms with Crippen molar-refractivity contribution in [3.63, 3.8) is 0 Å². The van der Waals surface area contributed by atoms with E-state index in [1.165, 1.54) is 0 Å². The maximum Gasteiger partial charge on any atom is 0.241 e. The van der Waals surface area contributed by atoms with Crippen molar-refractivity contribution in [1.29, 1.82) is 0 Å². The first-order valence-electron chi connectivity index (χ1n) is 7.17. The molecule has 3 rings (SSSR count). The molecule has 8 heteroatoms. The summed E-state index contributed by atoms with van der Waals surface area (Å²) in [4.78, 5) is 13.5. The first-order valence-corrected chi connectivity index (χ1v) is 7.17. The number of nitrogens with two attached hydrogens (primary N) is 1. The molecule has 4 N–H and O–H groups in total. The molecule has 2 aromatic rings. The van der Waals surface area contributed by atoms with E-state index >= 15 is 0 Å². The highest BCUT2D eigenvalue weighted by Crippen LogP contribution is 2.26. The van der Waals surface area contributed by atoms with Gasteiger partial charge in [-0.3, -0.25) is 15.4 Å². The van der Waals surface area contributed by atoms with E-state index in [9.17, 15) is 0 Å². The van der Waals surface area contributed by atoms with Crippen molar-refractivity contribution in [2.45, 2.75) is 26.3 Å². The highest BCUT2D eigenvalue weighted by atomic mass is 15.4. The average Bonchev–Trinajstić information content (AvgIpc) is 2.93. The van der Waals surface area contributed by atoms with E-state index in [0.29, 0.717) is 11.6 Å². The van der Waals surface area contributed by atoms with Crippen LogP contribution in [-0.4, -0.2) is 56.8 Å². The lowest BCUT2D eigenvalue weighted by molar-refractivity contribution is 0.128. The van der Waals surface area contributed by atoms with Crippen LogP contribution in [0.4, 0.5) is 11.8 Å². The van der Waals surface area contributed by atoms with Crippen LogP contribution in [0.25, 0.3) is 11.0 Å². The SMILES string of the molecule is CC(C)(C)N1CCN(c2nc(NN)nc3[nH]ncc23)CC1. The second-order valence-electron chi connectivity index (χ2n) is 6.29. The number of piperazine rings is 1. The molecule has 1 fully saturated rings. The molecule has 114 valence electrons. The number of aromatic nitrogens is 4. The van der Waals surface area contributed by atoms with Gasteiger partial charge in [-0.2, -0.15) is 15.1 Å². The number of rotatable bonds is 2. The summed E-state index contributed by atoms with van der Waals surface area (Å²) >= 11 is 0. The van der Waals surface area contributed by atoms with E-state index in [1.807, 2.05) is 0 Å². The number of anilines is 2. The molecule has 0 radical (unpaired) electrons. The fourth-order valence-electron chi connectivity index (χ4n) is 2.71. The lowest BCUT2D eigenvalue weighted by Crippen LogP contribution is -2.53. The van der Waals surface area contributed by atoms with Gasteiger partial charge in [0.25, 0.3) is 0 Å². The van der Waals surface area contributed by atoms with Crippen molar-refractivity contribution < 1.29 is 0 Å². The summed E-state index contributed by atoms with van der Waals surface area (Å²) in [7, 11) is 0. The Balaban J connectivity index is 1.86. The minimum atomic E-state index is 0.201. The topological polar surface area (TPSA) is 99.0 Å². The zero-order valence-corrected chi connectivity index (χ0v) is 12.7. The summed E-state index contributed by atoms with van der Waals surface area (Å²) in [6, 6.07) is 0. The van der Waals surface area contributed by atoms with Crippen LogP contribution in [0.2, 0.25) is 0 Å². The van der Waals surface area contributed by atoms with Gasteiger partial charge in [-0.25, -0.2) is 5.84 Å². The summed E-state index contributed by atoms with van der Waals surface area (Å²) in [6.07, 6.45) is 1.76. The van der Waals surface area contributed by atoms with Crippen molar-refractivity contribution in [2.75, 3.05) is 36.5 Å². The molecule has 8 nitrogen and oxygen atoms in total. The van der Waals surface area contributed by atoms with Crippen LogP contribution in [0.3, 0.4) is 0 Å². The number of hydrazine groups is 1. The van der Waals surface area contributed by atoms with E-state index in [2.05, 4.69) is 56.2 Å². The fourth-order valence-corrected chi connectivity index (χ4v) is 2.71. The molecule has 0 spiro atoms. The van der Waals surface area contributed by atoms with E-state index in [-0.39, 0.29) is 5.54 Å². The van der Waals surface area contributed by atoms with Gasteiger partial charge in [-0.05, 0) is 20.8 Å². The lowest BCUT2D eigenvalue weighted by atomic mass is 10.0. The Morgan fingerprint density at radius 2 is 1.90 bits per heavy atom. The Kier molecular flexibility index (Phi) is 3.42. The molecule has 0 amide bonds. The van der Waals surface area contributed by atoms with Crippen molar-refractivity contribution in [3.05, 3.63) is 6.20 Å². The molecule has 1 aliphatic heterocycles. The number of hydrogen-bond acceptors (Lipinski definition) is 7. The molecular formula is C13H22N8. The van der Waals surface area contributed by atoms with Gasteiger partial charge >= 0.3 is 0 Å². The second kappa shape index (κ2) is 5.12. The van der Waals surface area contributed by atoms with Crippen LogP contribution in [0.5, 0.6) is 0 Å². The average molecular weight is 290 g/mol. The Bertz CT molecular complexity index is 621. The molecule has 1 aliphatic rings. The van der Waals surface area contributed by atoms with E-state index in [0.717, 1.165) is 37.4 Å². The Morgan fingerprint density at radius 1 is 1.19 bits per heavy atom. The number of hydrogen-bond donors (Lipinski definition) is 3. The van der Waals surface area contributed by atoms with Gasteiger partial charge in [0.2, 0.25) is 5.95 Å². The van der Waals surface area contributed by atoms with Crippen LogP contribution in [-0.2, 0) is 0 Å². The normalized spacial score (nSPS) is 17.4. The molecular weight excluding hydrogens is 268 g/mol. The molecule has 0 saturated carbocycles.